The highest BCUT2D eigenvalue weighted by molar-refractivity contribution is 6.08. The lowest BCUT2D eigenvalue weighted by atomic mass is 9.99. The Morgan fingerprint density at radius 1 is 1.57 bits per heavy atom. The molecule has 0 aromatic heterocycles. The summed E-state index contributed by atoms with van der Waals surface area (Å²) >= 11 is 0. The molecule has 0 aliphatic carbocycles. The third kappa shape index (κ3) is 2.23. The first kappa shape index (κ1) is 11.0. The summed E-state index contributed by atoms with van der Waals surface area (Å²) < 4.78 is 4.95. The quantitative estimate of drug-likeness (QED) is 0.663. The Labute approximate surface area is 83.9 Å². The number of hydrogen-bond acceptors (Lipinski definition) is 3. The minimum absolute atomic E-state index is 0.0400. The van der Waals surface area contributed by atoms with Crippen molar-refractivity contribution in [2.24, 2.45) is 4.99 Å². The summed E-state index contributed by atoms with van der Waals surface area (Å²) in [6, 6.07) is 0. The fraction of sp³-hybridized carbons (Fsp3) is 0.778. The third-order valence-corrected chi connectivity index (χ3v) is 2.25. The van der Waals surface area contributed by atoms with E-state index in [-0.39, 0.29) is 5.91 Å². The largest absolute Gasteiger partial charge is 0.385 e. The smallest absolute Gasteiger partial charge is 0.252 e. The van der Waals surface area contributed by atoms with Crippen LogP contribution in [0.1, 0.15) is 20.3 Å². The highest BCUT2D eigenvalue weighted by Gasteiger charge is 2.40. The molecular formula is C9H17N3O2. The van der Waals surface area contributed by atoms with Gasteiger partial charge >= 0.3 is 0 Å². The van der Waals surface area contributed by atoms with Crippen molar-refractivity contribution < 1.29 is 9.53 Å². The van der Waals surface area contributed by atoms with E-state index < -0.39 is 5.54 Å². The van der Waals surface area contributed by atoms with Gasteiger partial charge in [-0.3, -0.25) is 15.1 Å². The van der Waals surface area contributed by atoms with Gasteiger partial charge in [0.05, 0.1) is 0 Å². The molecule has 5 heteroatoms. The van der Waals surface area contributed by atoms with E-state index >= 15 is 0 Å². The van der Waals surface area contributed by atoms with Gasteiger partial charge in [0, 0.05) is 26.7 Å². The zero-order chi connectivity index (χ0) is 10.6. The number of hydrogen-bond donors (Lipinski definition) is 2. The summed E-state index contributed by atoms with van der Waals surface area (Å²) in [4.78, 5) is 15.7. The third-order valence-electron chi connectivity index (χ3n) is 2.25. The molecule has 5 nitrogen and oxygen atoms in total. The molecule has 14 heavy (non-hydrogen) atoms. The van der Waals surface area contributed by atoms with Crippen LogP contribution in [0.25, 0.3) is 0 Å². The van der Waals surface area contributed by atoms with Crippen molar-refractivity contribution >= 4 is 11.9 Å². The molecule has 1 atom stereocenters. The molecular weight excluding hydrogens is 182 g/mol. The van der Waals surface area contributed by atoms with E-state index in [1.165, 1.54) is 0 Å². The van der Waals surface area contributed by atoms with E-state index in [9.17, 15) is 4.79 Å². The van der Waals surface area contributed by atoms with Gasteiger partial charge in [0.15, 0.2) is 5.96 Å². The molecule has 0 aromatic carbocycles. The van der Waals surface area contributed by atoms with Crippen molar-refractivity contribution in [2.45, 2.75) is 25.8 Å². The van der Waals surface area contributed by atoms with Crippen molar-refractivity contribution in [2.75, 3.05) is 20.3 Å². The standard InChI is InChI=1S/C9H17N3O2/c1-4-10-8-11-7(13)9(2,12-8)5-6-14-3/h4-6H2,1-3H3,(H2,10,11,12,13). The predicted molar refractivity (Wildman–Crippen MR) is 54.2 cm³/mol. The predicted octanol–water partition coefficient (Wildman–Crippen LogP) is -0.123. The number of carbonyl (C=O) groups excluding carboxylic acids is 1. The van der Waals surface area contributed by atoms with Crippen LogP contribution < -0.4 is 10.6 Å². The molecule has 0 bridgehead atoms. The second-order valence-electron chi connectivity index (χ2n) is 3.48. The fourth-order valence-corrected chi connectivity index (χ4v) is 1.31. The van der Waals surface area contributed by atoms with Crippen molar-refractivity contribution in [3.63, 3.8) is 0 Å². The number of guanidine groups is 1. The number of amides is 1. The number of carbonyl (C=O) groups is 1. The molecule has 1 rings (SSSR count). The zero-order valence-corrected chi connectivity index (χ0v) is 8.89. The van der Waals surface area contributed by atoms with Gasteiger partial charge in [-0.1, -0.05) is 0 Å². The summed E-state index contributed by atoms with van der Waals surface area (Å²) in [7, 11) is 1.62. The van der Waals surface area contributed by atoms with Crippen LogP contribution in [-0.4, -0.2) is 37.7 Å². The molecule has 0 aromatic rings. The number of nitrogens with zero attached hydrogens (tertiary/aromatic N) is 1. The molecule has 1 heterocycles. The zero-order valence-electron chi connectivity index (χ0n) is 8.89. The van der Waals surface area contributed by atoms with E-state index in [4.69, 9.17) is 4.74 Å². The first-order chi connectivity index (χ1) is 6.62. The van der Waals surface area contributed by atoms with Crippen LogP contribution in [0.2, 0.25) is 0 Å². The van der Waals surface area contributed by atoms with E-state index in [0.29, 0.717) is 25.5 Å². The molecule has 0 spiro atoms. The molecule has 1 aliphatic heterocycles. The van der Waals surface area contributed by atoms with E-state index in [1.54, 1.807) is 7.11 Å². The highest BCUT2D eigenvalue weighted by atomic mass is 16.5. The van der Waals surface area contributed by atoms with E-state index in [1.807, 2.05) is 13.8 Å². The van der Waals surface area contributed by atoms with Crippen LogP contribution in [-0.2, 0) is 9.53 Å². The Bertz CT molecular complexity index is 252. The fourth-order valence-electron chi connectivity index (χ4n) is 1.31. The molecule has 1 saturated heterocycles. The van der Waals surface area contributed by atoms with Crippen LogP contribution in [0.4, 0.5) is 0 Å². The summed E-state index contributed by atoms with van der Waals surface area (Å²) in [5, 5.41) is 5.76. The highest BCUT2D eigenvalue weighted by Crippen LogP contribution is 2.14. The van der Waals surface area contributed by atoms with Crippen molar-refractivity contribution in [1.29, 1.82) is 0 Å². The number of rotatable bonds is 4. The first-order valence-electron chi connectivity index (χ1n) is 4.75. The maximum atomic E-state index is 11.6. The van der Waals surface area contributed by atoms with E-state index in [2.05, 4.69) is 15.6 Å². The second-order valence-corrected chi connectivity index (χ2v) is 3.48. The average Bonchev–Trinajstić information content (AvgIpc) is 2.41. The van der Waals surface area contributed by atoms with Crippen LogP contribution in [0.15, 0.2) is 4.99 Å². The number of ether oxygens (including phenoxy) is 1. The average molecular weight is 199 g/mol. The number of aliphatic imine (C=N–C) groups is 1. The van der Waals surface area contributed by atoms with Gasteiger partial charge in [0.25, 0.3) is 5.91 Å². The molecule has 80 valence electrons. The van der Waals surface area contributed by atoms with Gasteiger partial charge in [0.1, 0.15) is 5.54 Å². The Morgan fingerprint density at radius 3 is 2.86 bits per heavy atom. The SMILES string of the molecule is CCN=C1NC(=O)C(C)(CCOC)N1. The molecule has 1 amide bonds. The topological polar surface area (TPSA) is 62.7 Å². The van der Waals surface area contributed by atoms with Crippen LogP contribution in [0.3, 0.4) is 0 Å². The van der Waals surface area contributed by atoms with Crippen molar-refractivity contribution in [3.8, 4) is 0 Å². The van der Waals surface area contributed by atoms with Crippen molar-refractivity contribution in [3.05, 3.63) is 0 Å². The van der Waals surface area contributed by atoms with Gasteiger partial charge in [0.2, 0.25) is 0 Å². The maximum Gasteiger partial charge on any atom is 0.252 e. The summed E-state index contributed by atoms with van der Waals surface area (Å²) in [5.74, 6) is 0.526. The Hall–Kier alpha value is -1.10. The van der Waals surface area contributed by atoms with Crippen LogP contribution in [0, 0.1) is 0 Å². The van der Waals surface area contributed by atoms with E-state index in [0.717, 1.165) is 0 Å². The molecule has 0 radical (unpaired) electrons. The first-order valence-corrected chi connectivity index (χ1v) is 4.75. The molecule has 1 fully saturated rings. The lowest BCUT2D eigenvalue weighted by Gasteiger charge is -2.20. The molecule has 0 saturated carbocycles. The van der Waals surface area contributed by atoms with Gasteiger partial charge in [-0.05, 0) is 13.8 Å². The number of nitrogens with one attached hydrogen (secondary N) is 2. The molecule has 2 N–H and O–H groups in total. The van der Waals surface area contributed by atoms with Gasteiger partial charge in [-0.2, -0.15) is 0 Å². The molecule has 1 unspecified atom stereocenters. The monoisotopic (exact) mass is 199 g/mol. The van der Waals surface area contributed by atoms with Gasteiger partial charge < -0.3 is 10.1 Å². The number of methoxy groups -OCH3 is 1. The van der Waals surface area contributed by atoms with Crippen molar-refractivity contribution in [1.82, 2.24) is 10.6 Å². The summed E-state index contributed by atoms with van der Waals surface area (Å²) in [6.45, 7) is 4.98. The lowest BCUT2D eigenvalue weighted by molar-refractivity contribution is -0.123. The van der Waals surface area contributed by atoms with Crippen LogP contribution in [0.5, 0.6) is 0 Å². The lowest BCUT2D eigenvalue weighted by Crippen LogP contribution is -2.44. The molecule has 1 aliphatic rings. The van der Waals surface area contributed by atoms with Gasteiger partial charge in [-0.15, -0.1) is 0 Å². The normalized spacial score (nSPS) is 29.1. The van der Waals surface area contributed by atoms with Crippen LogP contribution >= 0.6 is 0 Å². The Balaban J connectivity index is 2.62. The Kier molecular flexibility index (Phi) is 3.46. The summed E-state index contributed by atoms with van der Waals surface area (Å²) in [6.07, 6.45) is 0.637. The maximum absolute atomic E-state index is 11.6. The minimum Gasteiger partial charge on any atom is -0.385 e. The van der Waals surface area contributed by atoms with Gasteiger partial charge in [-0.25, -0.2) is 0 Å². The minimum atomic E-state index is -0.579. The summed E-state index contributed by atoms with van der Waals surface area (Å²) in [5.41, 5.74) is -0.579. The Morgan fingerprint density at radius 2 is 2.29 bits per heavy atom. The second kappa shape index (κ2) is 4.41.